The first-order valence-corrected chi connectivity index (χ1v) is 15.1. The molecular weight excluding hydrogens is 714 g/mol. The number of anilines is 1. The third-order valence-electron chi connectivity index (χ3n) is 8.86. The number of hydrogen-bond donors (Lipinski definition) is 1. The lowest BCUT2D eigenvalue weighted by molar-refractivity contribution is -0.384. The molecule has 0 spiro atoms. The summed E-state index contributed by atoms with van der Waals surface area (Å²) in [6.45, 7) is 0. The fourth-order valence-electron chi connectivity index (χ4n) is 7.06. The minimum Gasteiger partial charge on any atom is -0.508 e. The Balaban J connectivity index is 1.52. The van der Waals surface area contributed by atoms with Crippen LogP contribution in [0.4, 0.5) is 24.5 Å². The molecule has 2 saturated heterocycles. The number of carbonyl (C=O) groups is 4. The number of nitro benzene ring substituents is 1. The molecule has 17 heteroatoms. The van der Waals surface area contributed by atoms with Gasteiger partial charge in [0.2, 0.25) is 11.8 Å². The number of hydrogen-bond acceptors (Lipinski definition) is 8. The summed E-state index contributed by atoms with van der Waals surface area (Å²) in [6.07, 6.45) is -4.11. The number of halogens is 6. The summed E-state index contributed by atoms with van der Waals surface area (Å²) in [7, 11) is 0. The third-order valence-corrected chi connectivity index (χ3v) is 10.8. The molecule has 6 unspecified atom stereocenters. The number of imide groups is 2. The Hall–Kier alpha value is -3.69. The third kappa shape index (κ3) is 4.45. The minimum atomic E-state index is -5.12. The number of non-ortho nitro benzene ring substituents is 1. The van der Waals surface area contributed by atoms with Gasteiger partial charge in [0, 0.05) is 23.6 Å². The number of nitro groups is 1. The van der Waals surface area contributed by atoms with Crippen LogP contribution in [0.5, 0.6) is 11.5 Å². The van der Waals surface area contributed by atoms with E-state index >= 15 is 0 Å². The highest BCUT2D eigenvalue weighted by Gasteiger charge is 2.76. The Bertz CT molecular complexity index is 1740. The van der Waals surface area contributed by atoms with E-state index in [1.807, 2.05) is 0 Å². The number of likely N-dealkylation sites (tertiary alicyclic amines) is 1. The SMILES string of the molecule is O=C1C2CC=C3C(CC4(Cl)C(=O)N(CBr)C(=O)C4(Cl)C3c3cc(OC(F)(F)F)ccc3O)C2C(=O)N1c1cccc([N+](=O)[O-])c1. The van der Waals surface area contributed by atoms with E-state index in [4.69, 9.17) is 23.2 Å². The van der Waals surface area contributed by atoms with E-state index in [2.05, 4.69) is 20.7 Å². The summed E-state index contributed by atoms with van der Waals surface area (Å²) in [5, 5.41) is 22.3. The number of benzene rings is 2. The fourth-order valence-corrected chi connectivity index (χ4v) is 8.48. The summed E-state index contributed by atoms with van der Waals surface area (Å²) >= 11 is 17.2. The van der Waals surface area contributed by atoms with Gasteiger partial charge in [0.25, 0.3) is 17.5 Å². The zero-order valence-electron chi connectivity index (χ0n) is 22.5. The average molecular weight is 733 g/mol. The van der Waals surface area contributed by atoms with Gasteiger partial charge in [-0.1, -0.05) is 33.6 Å². The van der Waals surface area contributed by atoms with E-state index in [0.29, 0.717) is 0 Å². The highest BCUT2D eigenvalue weighted by Crippen LogP contribution is 2.66. The van der Waals surface area contributed by atoms with Crippen molar-refractivity contribution in [2.75, 3.05) is 10.4 Å². The number of fused-ring (bicyclic) bond motifs is 4. The van der Waals surface area contributed by atoms with Gasteiger partial charge in [-0.25, -0.2) is 4.90 Å². The molecule has 2 aromatic carbocycles. The molecule has 6 rings (SSSR count). The molecule has 1 saturated carbocycles. The lowest BCUT2D eigenvalue weighted by Gasteiger charge is -2.50. The summed E-state index contributed by atoms with van der Waals surface area (Å²) in [6, 6.07) is 7.48. The van der Waals surface area contributed by atoms with Gasteiger partial charge in [-0.3, -0.25) is 34.2 Å². The van der Waals surface area contributed by atoms with Crippen LogP contribution in [-0.2, 0) is 19.2 Å². The average Bonchev–Trinajstić information content (AvgIpc) is 3.31. The Labute approximate surface area is 269 Å². The maximum Gasteiger partial charge on any atom is 0.573 e. The van der Waals surface area contributed by atoms with Crippen LogP contribution in [0.15, 0.2) is 54.1 Å². The second kappa shape index (κ2) is 10.4. The summed E-state index contributed by atoms with van der Waals surface area (Å²) < 4.78 is 43.5. The van der Waals surface area contributed by atoms with E-state index in [1.54, 1.807) is 0 Å². The zero-order chi connectivity index (χ0) is 32.8. The standard InChI is InChI=1S/C28H19BrCl2F3N3O8/c29-11-35-24(41)26(30)10-18-15(21(27(26,31)25(35)42)17-9-14(4-7-19(17)38)45-28(32,33)34)5-6-16-20(18)23(40)36(22(16)39)12-2-1-3-13(8-12)37(43)44/h1-5,7-9,16,18,20-21,38H,6,10-11H2. The van der Waals surface area contributed by atoms with Gasteiger partial charge in [0.05, 0.1) is 27.9 Å². The predicted molar refractivity (Wildman–Crippen MR) is 154 cm³/mol. The van der Waals surface area contributed by atoms with Crippen LogP contribution >= 0.6 is 39.1 Å². The lowest BCUT2D eigenvalue weighted by Crippen LogP contribution is -2.60. The van der Waals surface area contributed by atoms with Gasteiger partial charge in [0.1, 0.15) is 11.5 Å². The molecule has 1 N–H and O–H groups in total. The minimum absolute atomic E-state index is 0.0537. The van der Waals surface area contributed by atoms with E-state index < -0.39 is 86.3 Å². The smallest absolute Gasteiger partial charge is 0.508 e. The Morgan fingerprint density at radius 2 is 1.78 bits per heavy atom. The van der Waals surface area contributed by atoms with Crippen molar-refractivity contribution in [3.8, 4) is 11.5 Å². The highest BCUT2D eigenvalue weighted by molar-refractivity contribution is 9.09. The van der Waals surface area contributed by atoms with Crippen LogP contribution in [0.1, 0.15) is 24.3 Å². The van der Waals surface area contributed by atoms with Gasteiger partial charge >= 0.3 is 6.36 Å². The van der Waals surface area contributed by atoms with Crippen molar-refractivity contribution >= 4 is 74.1 Å². The number of nitrogens with zero attached hydrogens (tertiary/aromatic N) is 3. The molecule has 2 aliphatic heterocycles. The quantitative estimate of drug-likeness (QED) is 0.111. The first-order valence-electron chi connectivity index (χ1n) is 13.3. The van der Waals surface area contributed by atoms with Crippen LogP contribution in [0.25, 0.3) is 0 Å². The normalized spacial score (nSPS) is 31.0. The molecule has 45 heavy (non-hydrogen) atoms. The first kappa shape index (κ1) is 31.3. The van der Waals surface area contributed by atoms with Crippen molar-refractivity contribution < 1.29 is 47.1 Å². The number of phenols is 1. The maximum atomic E-state index is 14.0. The van der Waals surface area contributed by atoms with Gasteiger partial charge in [-0.15, -0.1) is 36.4 Å². The lowest BCUT2D eigenvalue weighted by atomic mass is 9.56. The van der Waals surface area contributed by atoms with Crippen molar-refractivity contribution in [3.63, 3.8) is 0 Å². The Morgan fingerprint density at radius 1 is 1.07 bits per heavy atom. The Kier molecular flexibility index (Phi) is 7.25. The van der Waals surface area contributed by atoms with Gasteiger partial charge in [-0.05, 0) is 43.0 Å². The van der Waals surface area contributed by atoms with Crippen molar-refractivity contribution in [2.24, 2.45) is 17.8 Å². The second-order valence-electron chi connectivity index (χ2n) is 11.0. The number of alkyl halides is 6. The number of allylic oxidation sites excluding steroid dienone is 2. The molecule has 6 atom stereocenters. The van der Waals surface area contributed by atoms with E-state index in [-0.39, 0.29) is 34.4 Å². The van der Waals surface area contributed by atoms with Crippen LogP contribution in [-0.4, -0.2) is 60.1 Å². The summed E-state index contributed by atoms with van der Waals surface area (Å²) in [5.41, 5.74) is -0.871. The second-order valence-corrected chi connectivity index (χ2v) is 12.8. The number of rotatable bonds is 5. The number of ether oxygens (including phenoxy) is 1. The Morgan fingerprint density at radius 3 is 2.42 bits per heavy atom. The summed E-state index contributed by atoms with van der Waals surface area (Å²) in [5.74, 6) is -9.50. The van der Waals surface area contributed by atoms with Gasteiger partial charge < -0.3 is 9.84 Å². The molecule has 0 aromatic heterocycles. The van der Waals surface area contributed by atoms with E-state index in [9.17, 15) is 47.6 Å². The van der Waals surface area contributed by atoms with Gasteiger partial charge in [-0.2, -0.15) is 0 Å². The first-order chi connectivity index (χ1) is 21.0. The van der Waals surface area contributed by atoms with Crippen LogP contribution in [0.2, 0.25) is 0 Å². The molecule has 0 bridgehead atoms. The van der Waals surface area contributed by atoms with Gasteiger partial charge in [0.15, 0.2) is 9.75 Å². The molecule has 236 valence electrons. The molecule has 2 aromatic rings. The highest BCUT2D eigenvalue weighted by atomic mass is 79.9. The maximum absolute atomic E-state index is 14.0. The van der Waals surface area contributed by atoms with Crippen molar-refractivity contribution in [1.82, 2.24) is 4.90 Å². The molecule has 4 amide bonds. The van der Waals surface area contributed by atoms with E-state index in [1.165, 1.54) is 24.3 Å². The number of aromatic hydroxyl groups is 1. The number of amides is 4. The van der Waals surface area contributed by atoms with Crippen molar-refractivity contribution in [1.29, 1.82) is 0 Å². The fraction of sp³-hybridized carbons (Fsp3) is 0.357. The molecule has 3 fully saturated rings. The monoisotopic (exact) mass is 731 g/mol. The zero-order valence-corrected chi connectivity index (χ0v) is 25.6. The van der Waals surface area contributed by atoms with E-state index in [0.717, 1.165) is 34.1 Å². The topological polar surface area (TPSA) is 147 Å². The largest absolute Gasteiger partial charge is 0.573 e. The molecular formula is C28H19BrCl2F3N3O8. The number of phenolic OH excluding ortho intramolecular Hbond substituents is 1. The number of carbonyl (C=O) groups excluding carboxylic acids is 4. The summed E-state index contributed by atoms with van der Waals surface area (Å²) in [4.78, 5) is 62.7. The van der Waals surface area contributed by atoms with Crippen molar-refractivity contribution in [2.45, 2.75) is 34.9 Å². The predicted octanol–water partition coefficient (Wildman–Crippen LogP) is 5.11. The van der Waals surface area contributed by atoms with Crippen LogP contribution < -0.4 is 9.64 Å². The molecule has 2 aliphatic carbocycles. The van der Waals surface area contributed by atoms with Crippen LogP contribution in [0.3, 0.4) is 0 Å². The molecule has 2 heterocycles. The molecule has 0 radical (unpaired) electrons. The molecule has 11 nitrogen and oxygen atoms in total. The van der Waals surface area contributed by atoms with Crippen molar-refractivity contribution in [3.05, 3.63) is 69.8 Å². The van der Waals surface area contributed by atoms with Crippen LogP contribution in [0, 0.1) is 27.9 Å². The molecule has 4 aliphatic rings.